The zero-order valence-electron chi connectivity index (χ0n) is 27.7. The molecule has 0 saturated heterocycles. The maximum atomic E-state index is 2.47. The number of rotatable bonds is 7. The van der Waals surface area contributed by atoms with Gasteiger partial charge in [0.25, 0.3) is 0 Å². The first-order chi connectivity index (χ1) is 24.2. The second-order valence-corrected chi connectivity index (χ2v) is 16.0. The molecule has 4 aliphatic carbocycles. The lowest BCUT2D eigenvalue weighted by atomic mass is 9.48. The van der Waals surface area contributed by atoms with E-state index in [4.69, 9.17) is 0 Å². The van der Waals surface area contributed by atoms with Crippen LogP contribution in [0.4, 0.5) is 34.1 Å². The van der Waals surface area contributed by atoms with E-state index in [0.717, 1.165) is 40.5 Å². The third-order valence-corrected chi connectivity index (χ3v) is 12.9. The van der Waals surface area contributed by atoms with E-state index >= 15 is 0 Å². The summed E-state index contributed by atoms with van der Waals surface area (Å²) in [6.07, 6.45) is 8.64. The molecule has 0 atom stereocenters. The Morgan fingerprint density at radius 1 is 0.408 bits per heavy atom. The van der Waals surface area contributed by atoms with E-state index in [1.807, 2.05) is 11.3 Å². The second kappa shape index (κ2) is 11.6. The average molecular weight is 653 g/mol. The molecule has 6 aromatic carbocycles. The van der Waals surface area contributed by atoms with Gasteiger partial charge in [0.2, 0.25) is 0 Å². The molecular formula is C46H40N2S. The minimum absolute atomic E-state index is 0.408. The molecule has 1 aromatic heterocycles. The van der Waals surface area contributed by atoms with Crippen molar-refractivity contribution in [2.24, 2.45) is 17.8 Å². The topological polar surface area (TPSA) is 6.48 Å². The number of anilines is 6. The maximum Gasteiger partial charge on any atom is 0.0468 e. The SMILES string of the molecule is c1ccc(N(c2ccc(N(c3ccccc3)c3ccc4sc5ccccc5c4c3)cc2)c2ccc(C34CC5CC(CC(C5)C3)C4)cc2)cc1. The van der Waals surface area contributed by atoms with Crippen molar-refractivity contribution in [1.82, 2.24) is 0 Å². The van der Waals surface area contributed by atoms with Crippen LogP contribution in [0, 0.1) is 17.8 Å². The number of benzene rings is 6. The van der Waals surface area contributed by atoms with Gasteiger partial charge < -0.3 is 9.80 Å². The quantitative estimate of drug-likeness (QED) is 0.169. The summed E-state index contributed by atoms with van der Waals surface area (Å²) in [7, 11) is 0. The van der Waals surface area contributed by atoms with Crippen molar-refractivity contribution in [3.63, 3.8) is 0 Å². The number of fused-ring (bicyclic) bond motifs is 3. The summed E-state index contributed by atoms with van der Waals surface area (Å²) in [4.78, 5) is 4.78. The van der Waals surface area contributed by atoms with Gasteiger partial charge in [-0.25, -0.2) is 0 Å². The van der Waals surface area contributed by atoms with Crippen molar-refractivity contribution >= 4 is 65.6 Å². The first-order valence-corrected chi connectivity index (χ1v) is 18.8. The van der Waals surface area contributed by atoms with Gasteiger partial charge in [-0.1, -0.05) is 66.7 Å². The number of hydrogen-bond acceptors (Lipinski definition) is 3. The van der Waals surface area contributed by atoms with Crippen molar-refractivity contribution in [2.75, 3.05) is 9.80 Å². The molecule has 2 nitrogen and oxygen atoms in total. The molecule has 0 spiro atoms. The monoisotopic (exact) mass is 652 g/mol. The highest BCUT2D eigenvalue weighted by atomic mass is 32.1. The third kappa shape index (κ3) is 5.06. The van der Waals surface area contributed by atoms with Crippen LogP contribution in [-0.2, 0) is 5.41 Å². The summed E-state index contributed by atoms with van der Waals surface area (Å²) in [6, 6.07) is 56.0. The summed E-state index contributed by atoms with van der Waals surface area (Å²) in [5, 5.41) is 2.63. The molecule has 4 aliphatic rings. The molecule has 0 aliphatic heterocycles. The molecule has 11 rings (SSSR count). The summed E-state index contributed by atoms with van der Waals surface area (Å²) in [5.74, 6) is 2.85. The molecule has 49 heavy (non-hydrogen) atoms. The summed E-state index contributed by atoms with van der Waals surface area (Å²) in [5.41, 5.74) is 8.97. The van der Waals surface area contributed by atoms with Crippen LogP contribution in [-0.4, -0.2) is 0 Å². The number of hydrogen-bond donors (Lipinski definition) is 0. The zero-order chi connectivity index (χ0) is 32.4. The van der Waals surface area contributed by atoms with Gasteiger partial charge in [-0.3, -0.25) is 0 Å². The van der Waals surface area contributed by atoms with Crippen molar-refractivity contribution in [3.05, 3.63) is 157 Å². The Morgan fingerprint density at radius 2 is 0.837 bits per heavy atom. The van der Waals surface area contributed by atoms with Gasteiger partial charge in [-0.05, 0) is 152 Å². The Hall–Kier alpha value is -4.86. The normalized spacial score (nSPS) is 22.5. The fourth-order valence-electron chi connectivity index (χ4n) is 10.1. The number of nitrogens with zero attached hydrogens (tertiary/aromatic N) is 2. The van der Waals surface area contributed by atoms with Crippen molar-refractivity contribution in [1.29, 1.82) is 0 Å². The molecule has 1 heterocycles. The van der Waals surface area contributed by atoms with Gasteiger partial charge in [0.05, 0.1) is 0 Å². The molecular weight excluding hydrogens is 613 g/mol. The van der Waals surface area contributed by atoms with Crippen molar-refractivity contribution in [2.45, 2.75) is 43.9 Å². The van der Waals surface area contributed by atoms with Crippen LogP contribution in [0.5, 0.6) is 0 Å². The van der Waals surface area contributed by atoms with Gasteiger partial charge in [0, 0.05) is 54.3 Å². The summed E-state index contributed by atoms with van der Waals surface area (Å²) in [6.45, 7) is 0. The fraction of sp³-hybridized carbons (Fsp3) is 0.217. The van der Waals surface area contributed by atoms with Crippen LogP contribution in [0.15, 0.2) is 152 Å². The lowest BCUT2D eigenvalue weighted by molar-refractivity contribution is -0.00518. The number of thiophene rings is 1. The lowest BCUT2D eigenvalue weighted by Crippen LogP contribution is -2.48. The van der Waals surface area contributed by atoms with Gasteiger partial charge in [-0.2, -0.15) is 0 Å². The van der Waals surface area contributed by atoms with Gasteiger partial charge >= 0.3 is 0 Å². The highest BCUT2D eigenvalue weighted by Gasteiger charge is 2.51. The molecule has 7 aromatic rings. The van der Waals surface area contributed by atoms with Gasteiger partial charge in [-0.15, -0.1) is 11.3 Å². The first kappa shape index (κ1) is 29.1. The Labute approximate surface area is 293 Å². The largest absolute Gasteiger partial charge is 0.311 e. The molecule has 4 saturated carbocycles. The van der Waals surface area contributed by atoms with Crippen molar-refractivity contribution in [3.8, 4) is 0 Å². The smallest absolute Gasteiger partial charge is 0.0468 e. The highest BCUT2D eigenvalue weighted by molar-refractivity contribution is 7.25. The van der Waals surface area contributed by atoms with E-state index in [1.54, 1.807) is 5.56 Å². The van der Waals surface area contributed by atoms with Crippen molar-refractivity contribution < 1.29 is 0 Å². The van der Waals surface area contributed by atoms with Crippen LogP contribution < -0.4 is 9.80 Å². The van der Waals surface area contributed by atoms with E-state index in [1.165, 1.54) is 70.1 Å². The molecule has 4 fully saturated rings. The molecule has 0 amide bonds. The first-order valence-electron chi connectivity index (χ1n) is 18.0. The molecule has 0 N–H and O–H groups in total. The van der Waals surface area contributed by atoms with Crippen LogP contribution in [0.3, 0.4) is 0 Å². The summed E-state index contributed by atoms with van der Waals surface area (Å²) < 4.78 is 2.65. The van der Waals surface area contributed by atoms with Crippen LogP contribution in [0.2, 0.25) is 0 Å². The highest BCUT2D eigenvalue weighted by Crippen LogP contribution is 2.61. The molecule has 3 heteroatoms. The second-order valence-electron chi connectivity index (χ2n) is 14.9. The van der Waals surface area contributed by atoms with E-state index < -0.39 is 0 Å². The van der Waals surface area contributed by atoms with Crippen LogP contribution in [0.25, 0.3) is 20.2 Å². The minimum Gasteiger partial charge on any atom is -0.311 e. The Balaban J connectivity index is 1.02. The predicted molar refractivity (Wildman–Crippen MR) is 209 cm³/mol. The van der Waals surface area contributed by atoms with E-state index in [9.17, 15) is 0 Å². The zero-order valence-corrected chi connectivity index (χ0v) is 28.5. The average Bonchev–Trinajstić information content (AvgIpc) is 3.51. The lowest BCUT2D eigenvalue weighted by Gasteiger charge is -2.57. The number of para-hydroxylation sites is 2. The Morgan fingerprint density at radius 3 is 1.41 bits per heavy atom. The maximum absolute atomic E-state index is 2.47. The predicted octanol–water partition coefficient (Wildman–Crippen LogP) is 13.5. The Kier molecular flexibility index (Phi) is 6.91. The molecule has 0 radical (unpaired) electrons. The van der Waals surface area contributed by atoms with E-state index in [0.29, 0.717) is 5.41 Å². The van der Waals surface area contributed by atoms with E-state index in [-0.39, 0.29) is 0 Å². The van der Waals surface area contributed by atoms with Gasteiger partial charge in [0.1, 0.15) is 0 Å². The van der Waals surface area contributed by atoms with Gasteiger partial charge in [0.15, 0.2) is 0 Å². The molecule has 4 bridgehead atoms. The standard InChI is InChI=1S/C46H40N2S/c1-3-9-36(10-4-1)47(38-17-15-35(16-18-38)46-29-32-25-33(30-46)27-34(26-32)31-46)39-19-21-40(22-20-39)48(37-11-5-2-6-12-37)41-23-24-45-43(28-41)42-13-7-8-14-44(42)49-45/h1-24,28,32-34H,25-27,29-31H2. The summed E-state index contributed by atoms with van der Waals surface area (Å²) >= 11 is 1.87. The minimum atomic E-state index is 0.408. The third-order valence-electron chi connectivity index (χ3n) is 11.8. The van der Waals surface area contributed by atoms with E-state index in [2.05, 4.69) is 161 Å². The Bertz CT molecular complexity index is 2220. The van der Waals surface area contributed by atoms with Crippen LogP contribution in [0.1, 0.15) is 44.1 Å². The molecule has 0 unspecified atom stereocenters. The van der Waals surface area contributed by atoms with Crippen LogP contribution >= 0.6 is 11.3 Å². The molecule has 240 valence electrons. The fourth-order valence-corrected chi connectivity index (χ4v) is 11.2.